The number of hydrogen-bond donors (Lipinski definition) is 0. The van der Waals surface area contributed by atoms with E-state index < -0.39 is 10.7 Å². The lowest BCUT2D eigenvalue weighted by Crippen LogP contribution is -2.32. The monoisotopic (exact) mass is 212 g/mol. The molecule has 1 nitrogen and oxygen atoms in total. The van der Waals surface area contributed by atoms with Gasteiger partial charge in [0, 0.05) is 19.3 Å². The number of carbonyl (C=O) groups is 1. The van der Waals surface area contributed by atoms with E-state index in [0.717, 1.165) is 0 Å². The van der Waals surface area contributed by atoms with Gasteiger partial charge in [-0.15, -0.1) is 0 Å². The molecule has 1 unspecified atom stereocenters. The van der Waals surface area contributed by atoms with Crippen LogP contribution in [-0.4, -0.2) is 16.5 Å². The molecule has 58 valence electrons. The molecular weight excluding hydrogens is 206 g/mol. The van der Waals surface area contributed by atoms with Crippen molar-refractivity contribution >= 4 is 21.7 Å². The molecule has 0 bridgehead atoms. The van der Waals surface area contributed by atoms with E-state index in [4.69, 9.17) is 0 Å². The minimum atomic E-state index is -2.64. The quantitative estimate of drug-likeness (QED) is 0.563. The predicted octanol–water partition coefficient (Wildman–Crippen LogP) is 2.14. The molecule has 0 aromatic heterocycles. The highest BCUT2D eigenvalue weighted by molar-refractivity contribution is 9.10. The second-order valence-electron chi connectivity index (χ2n) is 2.49. The normalized spacial score (nSPS) is 32.3. The summed E-state index contributed by atoms with van der Waals surface area (Å²) in [6, 6.07) is 0. The fourth-order valence-electron chi connectivity index (χ4n) is 0.941. The Bertz CT molecular complexity index is 158. The van der Waals surface area contributed by atoms with Crippen LogP contribution >= 0.6 is 15.9 Å². The number of alkyl halides is 3. The molecule has 0 aliphatic heterocycles. The van der Waals surface area contributed by atoms with Crippen molar-refractivity contribution in [1.29, 1.82) is 0 Å². The molecule has 4 heteroatoms. The van der Waals surface area contributed by atoms with Gasteiger partial charge < -0.3 is 0 Å². The first-order valence-electron chi connectivity index (χ1n) is 3.06. The predicted molar refractivity (Wildman–Crippen MR) is 36.5 cm³/mol. The van der Waals surface area contributed by atoms with Crippen LogP contribution in [0.3, 0.4) is 0 Å². The number of halogens is 3. The van der Waals surface area contributed by atoms with E-state index in [-0.39, 0.29) is 25.0 Å². The Kier molecular flexibility index (Phi) is 2.08. The van der Waals surface area contributed by atoms with E-state index in [1.165, 1.54) is 0 Å². The molecular formula is C6H7BrF2O. The molecule has 0 spiro atoms. The van der Waals surface area contributed by atoms with Crippen LogP contribution in [0.5, 0.6) is 0 Å². The summed E-state index contributed by atoms with van der Waals surface area (Å²) in [5.74, 6) is -2.74. The van der Waals surface area contributed by atoms with Crippen LogP contribution in [0.1, 0.15) is 19.3 Å². The smallest absolute Gasteiger partial charge is 0.250 e. The lowest BCUT2D eigenvalue weighted by Gasteiger charge is -2.23. The minimum absolute atomic E-state index is 0.00289. The van der Waals surface area contributed by atoms with E-state index >= 15 is 0 Å². The summed E-state index contributed by atoms with van der Waals surface area (Å²) in [6.45, 7) is 0. The molecule has 1 atom stereocenters. The van der Waals surface area contributed by atoms with Gasteiger partial charge in [-0.3, -0.25) is 4.79 Å². The number of ketones is 1. The van der Waals surface area contributed by atoms with Gasteiger partial charge in [-0.2, -0.15) is 0 Å². The number of hydrogen-bond acceptors (Lipinski definition) is 1. The van der Waals surface area contributed by atoms with E-state index in [1.807, 2.05) is 0 Å². The Morgan fingerprint density at radius 1 is 1.60 bits per heavy atom. The maximum absolute atomic E-state index is 12.4. The zero-order valence-corrected chi connectivity index (χ0v) is 6.83. The molecule has 1 aliphatic rings. The Hall–Kier alpha value is 0.01000. The van der Waals surface area contributed by atoms with Gasteiger partial charge in [0.15, 0.2) is 0 Å². The first-order chi connectivity index (χ1) is 4.51. The Balaban J connectivity index is 2.57. The van der Waals surface area contributed by atoms with E-state index in [1.54, 1.807) is 0 Å². The van der Waals surface area contributed by atoms with Gasteiger partial charge in [-0.1, -0.05) is 15.9 Å². The van der Waals surface area contributed by atoms with Crippen LogP contribution in [0, 0.1) is 0 Å². The van der Waals surface area contributed by atoms with Crippen molar-refractivity contribution < 1.29 is 13.6 Å². The highest BCUT2D eigenvalue weighted by atomic mass is 79.9. The van der Waals surface area contributed by atoms with E-state index in [0.29, 0.717) is 0 Å². The average Bonchev–Trinajstić information content (AvgIpc) is 1.79. The first-order valence-corrected chi connectivity index (χ1v) is 3.97. The number of Topliss-reactive ketones (excluding diaryl/α,β-unsaturated/α-hetero) is 1. The SMILES string of the molecule is O=C1CCC(F)(F)CC1Br. The van der Waals surface area contributed by atoms with E-state index in [9.17, 15) is 13.6 Å². The first kappa shape index (κ1) is 8.11. The topological polar surface area (TPSA) is 17.1 Å². The van der Waals surface area contributed by atoms with Gasteiger partial charge in [0.05, 0.1) is 4.83 Å². The van der Waals surface area contributed by atoms with Crippen LogP contribution < -0.4 is 0 Å². The van der Waals surface area contributed by atoms with Crippen LogP contribution in [0.2, 0.25) is 0 Å². The lowest BCUT2D eigenvalue weighted by molar-refractivity contribution is -0.126. The molecule has 0 N–H and O–H groups in total. The molecule has 0 aromatic rings. The molecule has 0 amide bonds. The summed E-state index contributed by atoms with van der Waals surface area (Å²) in [5.41, 5.74) is 0. The maximum Gasteiger partial charge on any atom is 0.250 e. The third-order valence-electron chi connectivity index (χ3n) is 1.56. The lowest BCUT2D eigenvalue weighted by atomic mass is 9.96. The Morgan fingerprint density at radius 2 is 2.20 bits per heavy atom. The highest BCUT2D eigenvalue weighted by Gasteiger charge is 2.39. The summed E-state index contributed by atoms with van der Waals surface area (Å²) in [4.78, 5) is 10.1. The third kappa shape index (κ3) is 1.75. The van der Waals surface area contributed by atoms with Crippen molar-refractivity contribution in [2.75, 3.05) is 0 Å². The largest absolute Gasteiger partial charge is 0.298 e. The van der Waals surface area contributed by atoms with Crippen molar-refractivity contribution in [2.45, 2.75) is 30.0 Å². The zero-order chi connectivity index (χ0) is 7.78. The molecule has 1 aliphatic carbocycles. The van der Waals surface area contributed by atoms with Crippen molar-refractivity contribution in [1.82, 2.24) is 0 Å². The summed E-state index contributed by atoms with van der Waals surface area (Å²) < 4.78 is 24.9. The molecule has 1 rings (SSSR count). The standard InChI is InChI=1S/C6H7BrF2O/c7-4-3-6(8,9)2-1-5(4)10/h4H,1-3H2. The molecule has 10 heavy (non-hydrogen) atoms. The van der Waals surface area contributed by atoms with Gasteiger partial charge in [0.2, 0.25) is 5.92 Å². The van der Waals surface area contributed by atoms with Gasteiger partial charge in [-0.25, -0.2) is 8.78 Å². The van der Waals surface area contributed by atoms with Crippen LogP contribution in [-0.2, 0) is 4.79 Å². The Morgan fingerprint density at radius 3 is 2.60 bits per heavy atom. The van der Waals surface area contributed by atoms with Crippen LogP contribution in [0.4, 0.5) is 8.78 Å². The van der Waals surface area contributed by atoms with Gasteiger partial charge in [0.1, 0.15) is 5.78 Å². The summed E-state index contributed by atoms with van der Waals surface area (Å²) in [7, 11) is 0. The summed E-state index contributed by atoms with van der Waals surface area (Å²) in [5, 5.41) is 0. The van der Waals surface area contributed by atoms with Gasteiger partial charge >= 0.3 is 0 Å². The van der Waals surface area contributed by atoms with Crippen LogP contribution in [0.15, 0.2) is 0 Å². The highest BCUT2D eigenvalue weighted by Crippen LogP contribution is 2.34. The second kappa shape index (κ2) is 2.57. The molecule has 1 saturated carbocycles. The molecule has 0 heterocycles. The summed E-state index contributed by atoms with van der Waals surface area (Å²) in [6.07, 6.45) is -0.622. The number of rotatable bonds is 0. The van der Waals surface area contributed by atoms with Crippen molar-refractivity contribution in [3.8, 4) is 0 Å². The van der Waals surface area contributed by atoms with Gasteiger partial charge in [-0.05, 0) is 0 Å². The third-order valence-corrected chi connectivity index (χ3v) is 2.40. The van der Waals surface area contributed by atoms with Crippen molar-refractivity contribution in [3.05, 3.63) is 0 Å². The number of carbonyl (C=O) groups excluding carboxylic acids is 1. The zero-order valence-electron chi connectivity index (χ0n) is 5.24. The second-order valence-corrected chi connectivity index (χ2v) is 3.60. The maximum atomic E-state index is 12.4. The fourth-order valence-corrected chi connectivity index (χ4v) is 1.64. The molecule has 1 fully saturated rings. The van der Waals surface area contributed by atoms with Crippen LogP contribution in [0.25, 0.3) is 0 Å². The van der Waals surface area contributed by atoms with Crippen molar-refractivity contribution in [2.24, 2.45) is 0 Å². The summed E-state index contributed by atoms with van der Waals surface area (Å²) >= 11 is 2.90. The molecule has 0 radical (unpaired) electrons. The molecule has 0 aromatic carbocycles. The van der Waals surface area contributed by atoms with Gasteiger partial charge in [0.25, 0.3) is 0 Å². The average molecular weight is 213 g/mol. The van der Waals surface area contributed by atoms with E-state index in [2.05, 4.69) is 15.9 Å². The Labute approximate surface area is 65.9 Å². The fraction of sp³-hybridized carbons (Fsp3) is 0.833. The molecule has 0 saturated heterocycles. The van der Waals surface area contributed by atoms with Crippen molar-refractivity contribution in [3.63, 3.8) is 0 Å². The minimum Gasteiger partial charge on any atom is -0.298 e.